The van der Waals surface area contributed by atoms with Crippen LogP contribution in [0, 0.1) is 6.92 Å². The van der Waals surface area contributed by atoms with Crippen molar-refractivity contribution >= 4 is 34.6 Å². The Morgan fingerprint density at radius 3 is 2.66 bits per heavy atom. The zero-order valence-electron chi connectivity index (χ0n) is 17.7. The number of carbonyl (C=O) groups is 3. The van der Waals surface area contributed by atoms with Crippen LogP contribution in [0.15, 0.2) is 54.7 Å². The van der Waals surface area contributed by atoms with Crippen LogP contribution in [0.2, 0.25) is 0 Å². The van der Waals surface area contributed by atoms with Crippen molar-refractivity contribution < 1.29 is 14.4 Å². The second kappa shape index (κ2) is 8.72. The Hall–Kier alpha value is -3.85. The molecule has 1 fully saturated rings. The van der Waals surface area contributed by atoms with Crippen molar-refractivity contribution in [3.63, 3.8) is 0 Å². The van der Waals surface area contributed by atoms with Gasteiger partial charge in [0.1, 0.15) is 6.04 Å². The number of aryl methyl sites for hydroxylation is 1. The van der Waals surface area contributed by atoms with Crippen LogP contribution in [-0.2, 0) is 11.3 Å². The van der Waals surface area contributed by atoms with E-state index >= 15 is 0 Å². The van der Waals surface area contributed by atoms with Gasteiger partial charge in [0.2, 0.25) is 5.91 Å². The number of aromatic nitrogens is 1. The van der Waals surface area contributed by atoms with Gasteiger partial charge < -0.3 is 27.0 Å². The summed E-state index contributed by atoms with van der Waals surface area (Å²) in [5.41, 5.74) is 14.6. The first-order valence-electron chi connectivity index (χ1n) is 10.4. The molecule has 0 radical (unpaired) electrons. The van der Waals surface area contributed by atoms with Crippen molar-refractivity contribution in [2.24, 2.45) is 11.5 Å². The number of primary amides is 1. The third kappa shape index (κ3) is 4.28. The van der Waals surface area contributed by atoms with Crippen LogP contribution in [-0.4, -0.2) is 46.1 Å². The van der Waals surface area contributed by atoms with Crippen molar-refractivity contribution in [3.8, 4) is 0 Å². The zero-order valence-corrected chi connectivity index (χ0v) is 17.7. The van der Waals surface area contributed by atoms with Gasteiger partial charge in [-0.2, -0.15) is 0 Å². The van der Waals surface area contributed by atoms with Crippen molar-refractivity contribution in [2.75, 3.05) is 11.9 Å². The molecule has 0 unspecified atom stereocenters. The minimum Gasteiger partial charge on any atom is -0.351 e. The standard InChI is InChI=1S/C23H26N6O3/c1-14-5-4-6-15(9-14)11-26-21(30)20-10-16(24)12-29(20)23(32)27-18-13-28(22(25)31)19-8-3-2-7-17(18)19/h2-9,13,16,20H,10-12,24H2,1H3,(H2,25,31)(H,26,30)(H,27,32)/t16-,20-/m0/s1. The van der Waals surface area contributed by atoms with E-state index in [1.807, 2.05) is 31.2 Å². The van der Waals surface area contributed by atoms with Crippen LogP contribution in [0.25, 0.3) is 10.9 Å². The van der Waals surface area contributed by atoms with E-state index in [1.54, 1.807) is 24.3 Å². The third-order valence-corrected chi connectivity index (χ3v) is 5.64. The summed E-state index contributed by atoms with van der Waals surface area (Å²) in [5.74, 6) is -0.255. The fourth-order valence-electron chi connectivity index (χ4n) is 4.12. The van der Waals surface area contributed by atoms with Gasteiger partial charge in [0.05, 0.1) is 11.2 Å². The Bertz CT molecular complexity index is 1190. The SMILES string of the molecule is Cc1cccc(CNC(=O)[C@@H]2C[C@H](N)CN2C(=O)Nc2cn(C(N)=O)c3ccccc23)c1. The maximum absolute atomic E-state index is 13.1. The van der Waals surface area contributed by atoms with E-state index in [2.05, 4.69) is 10.6 Å². The minimum atomic E-state index is -0.681. The number of carbonyl (C=O) groups excluding carboxylic acids is 3. The molecular weight excluding hydrogens is 408 g/mol. The first-order valence-corrected chi connectivity index (χ1v) is 10.4. The average Bonchev–Trinajstić information content (AvgIpc) is 3.33. The van der Waals surface area contributed by atoms with Crippen LogP contribution >= 0.6 is 0 Å². The molecule has 0 aliphatic carbocycles. The van der Waals surface area contributed by atoms with E-state index < -0.39 is 18.1 Å². The summed E-state index contributed by atoms with van der Waals surface area (Å²) in [6.07, 6.45) is 1.85. The van der Waals surface area contributed by atoms with E-state index in [9.17, 15) is 14.4 Å². The number of fused-ring (bicyclic) bond motifs is 1. The molecule has 2 heterocycles. The smallest absolute Gasteiger partial charge is 0.323 e. The summed E-state index contributed by atoms with van der Waals surface area (Å²) < 4.78 is 1.27. The predicted molar refractivity (Wildman–Crippen MR) is 122 cm³/mol. The van der Waals surface area contributed by atoms with E-state index in [4.69, 9.17) is 11.5 Å². The van der Waals surface area contributed by atoms with Crippen LogP contribution in [0.5, 0.6) is 0 Å². The van der Waals surface area contributed by atoms with Gasteiger partial charge in [-0.3, -0.25) is 9.36 Å². The maximum Gasteiger partial charge on any atom is 0.323 e. The molecule has 4 amide bonds. The molecule has 6 N–H and O–H groups in total. The normalized spacial score (nSPS) is 18.0. The number of likely N-dealkylation sites (tertiary alicyclic amines) is 1. The first kappa shape index (κ1) is 21.4. The highest BCUT2D eigenvalue weighted by molar-refractivity contribution is 6.05. The minimum absolute atomic E-state index is 0.253. The lowest BCUT2D eigenvalue weighted by Gasteiger charge is -2.24. The number of hydrogen-bond donors (Lipinski definition) is 4. The van der Waals surface area contributed by atoms with E-state index in [1.165, 1.54) is 15.7 Å². The maximum atomic E-state index is 13.1. The molecule has 3 aromatic rings. The third-order valence-electron chi connectivity index (χ3n) is 5.64. The number of nitrogens with one attached hydrogen (secondary N) is 2. The molecule has 166 valence electrons. The first-order chi connectivity index (χ1) is 15.3. The average molecular weight is 435 g/mol. The summed E-state index contributed by atoms with van der Waals surface area (Å²) >= 11 is 0. The summed E-state index contributed by atoms with van der Waals surface area (Å²) in [6, 6.07) is 12.9. The van der Waals surface area contributed by atoms with E-state index in [0.29, 0.717) is 29.6 Å². The van der Waals surface area contributed by atoms with Gasteiger partial charge in [-0.05, 0) is 25.0 Å². The zero-order chi connectivity index (χ0) is 22.8. The second-order valence-electron chi connectivity index (χ2n) is 8.07. The number of rotatable bonds is 4. The quantitative estimate of drug-likeness (QED) is 0.500. The molecular formula is C23H26N6O3. The topological polar surface area (TPSA) is 135 Å². The van der Waals surface area contributed by atoms with Gasteiger partial charge >= 0.3 is 12.1 Å². The van der Waals surface area contributed by atoms with Crippen molar-refractivity contribution in [1.82, 2.24) is 14.8 Å². The van der Waals surface area contributed by atoms with Crippen LogP contribution in [0.4, 0.5) is 15.3 Å². The Morgan fingerprint density at radius 2 is 1.91 bits per heavy atom. The van der Waals surface area contributed by atoms with Gasteiger partial charge in [0.15, 0.2) is 0 Å². The number of hydrogen-bond acceptors (Lipinski definition) is 4. The fourth-order valence-corrected chi connectivity index (χ4v) is 4.12. The summed E-state index contributed by atoms with van der Waals surface area (Å²) in [7, 11) is 0. The Kier molecular flexibility index (Phi) is 5.83. The Balaban J connectivity index is 1.49. The van der Waals surface area contributed by atoms with Crippen LogP contribution in [0.1, 0.15) is 17.5 Å². The molecule has 1 aliphatic rings. The van der Waals surface area contributed by atoms with Gasteiger partial charge in [-0.1, -0.05) is 48.0 Å². The number of urea groups is 1. The lowest BCUT2D eigenvalue weighted by atomic mass is 10.1. The lowest BCUT2D eigenvalue weighted by Crippen LogP contribution is -2.47. The highest BCUT2D eigenvalue weighted by atomic mass is 16.2. The Morgan fingerprint density at radius 1 is 1.12 bits per heavy atom. The molecule has 32 heavy (non-hydrogen) atoms. The lowest BCUT2D eigenvalue weighted by molar-refractivity contribution is -0.124. The number of nitrogens with zero attached hydrogens (tertiary/aromatic N) is 2. The summed E-state index contributed by atoms with van der Waals surface area (Å²) in [5, 5.41) is 6.39. The largest absolute Gasteiger partial charge is 0.351 e. The number of anilines is 1. The molecule has 1 aliphatic heterocycles. The van der Waals surface area contributed by atoms with Crippen molar-refractivity contribution in [2.45, 2.75) is 32.0 Å². The van der Waals surface area contributed by atoms with Gasteiger partial charge in [0, 0.05) is 30.7 Å². The van der Waals surface area contributed by atoms with Crippen LogP contribution in [0.3, 0.4) is 0 Å². The van der Waals surface area contributed by atoms with E-state index in [-0.39, 0.29) is 18.5 Å². The van der Waals surface area contributed by atoms with Crippen LogP contribution < -0.4 is 22.1 Å². The van der Waals surface area contributed by atoms with E-state index in [0.717, 1.165) is 11.1 Å². The Labute approximate surface area is 185 Å². The predicted octanol–water partition coefficient (Wildman–Crippen LogP) is 2.13. The molecule has 1 aromatic heterocycles. The molecule has 0 spiro atoms. The summed E-state index contributed by atoms with van der Waals surface area (Å²) in [6.45, 7) is 2.61. The summed E-state index contributed by atoms with van der Waals surface area (Å²) in [4.78, 5) is 39.1. The highest BCUT2D eigenvalue weighted by Crippen LogP contribution is 2.27. The fraction of sp³-hybridized carbons (Fsp3) is 0.261. The molecule has 9 nitrogen and oxygen atoms in total. The van der Waals surface area contributed by atoms with Gasteiger partial charge in [-0.25, -0.2) is 9.59 Å². The molecule has 0 saturated carbocycles. The number of nitrogens with two attached hydrogens (primary N) is 2. The van der Waals surface area contributed by atoms with Gasteiger partial charge in [-0.15, -0.1) is 0 Å². The van der Waals surface area contributed by atoms with Crippen molar-refractivity contribution in [1.29, 1.82) is 0 Å². The molecule has 4 rings (SSSR count). The number of benzene rings is 2. The molecule has 9 heteroatoms. The van der Waals surface area contributed by atoms with Crippen molar-refractivity contribution in [3.05, 3.63) is 65.9 Å². The molecule has 2 aromatic carbocycles. The second-order valence-corrected chi connectivity index (χ2v) is 8.07. The molecule has 2 atom stereocenters. The molecule has 1 saturated heterocycles. The molecule has 0 bridgehead atoms. The number of amides is 4. The monoisotopic (exact) mass is 434 g/mol. The highest BCUT2D eigenvalue weighted by Gasteiger charge is 2.38. The number of para-hydroxylation sites is 1. The van der Waals surface area contributed by atoms with Gasteiger partial charge in [0.25, 0.3) is 0 Å².